The van der Waals surface area contributed by atoms with Crippen LogP contribution in [0.3, 0.4) is 0 Å². The first-order valence-electron chi connectivity index (χ1n) is 7.17. The zero-order valence-corrected chi connectivity index (χ0v) is 13.8. The van der Waals surface area contributed by atoms with Gasteiger partial charge in [0.2, 0.25) is 0 Å². The van der Waals surface area contributed by atoms with Crippen molar-refractivity contribution in [3.63, 3.8) is 0 Å². The van der Waals surface area contributed by atoms with Gasteiger partial charge in [0.05, 0.1) is 10.7 Å². The van der Waals surface area contributed by atoms with Gasteiger partial charge in [0, 0.05) is 25.3 Å². The van der Waals surface area contributed by atoms with Gasteiger partial charge in [-0.15, -0.1) is 0 Å². The Hall–Kier alpha value is -1.58. The molecule has 2 aromatic rings. The monoisotopic (exact) mass is 303 g/mol. The Morgan fingerprint density at radius 3 is 2.57 bits per heavy atom. The van der Waals surface area contributed by atoms with Crippen molar-refractivity contribution in [2.75, 3.05) is 11.9 Å². The number of aromatic nitrogens is 1. The van der Waals surface area contributed by atoms with Crippen LogP contribution in [0.15, 0.2) is 36.4 Å². The molecule has 0 aliphatic heterocycles. The van der Waals surface area contributed by atoms with E-state index in [0.29, 0.717) is 17.6 Å². The van der Waals surface area contributed by atoms with Gasteiger partial charge in [-0.2, -0.15) is 0 Å². The van der Waals surface area contributed by atoms with Gasteiger partial charge in [0.15, 0.2) is 0 Å². The second-order valence-electron chi connectivity index (χ2n) is 5.48. The summed E-state index contributed by atoms with van der Waals surface area (Å²) in [6, 6.07) is 12.5. The minimum atomic E-state index is 0.403. The SMILES string of the molecule is Cc1ccccc1N(C)c1ccc(Cl)c(CNC(C)C)n1. The van der Waals surface area contributed by atoms with E-state index in [1.807, 2.05) is 31.3 Å². The third-order valence-electron chi connectivity index (χ3n) is 3.40. The van der Waals surface area contributed by atoms with Crippen LogP contribution >= 0.6 is 11.6 Å². The van der Waals surface area contributed by atoms with Crippen molar-refractivity contribution in [2.24, 2.45) is 0 Å². The van der Waals surface area contributed by atoms with Crippen LogP contribution in [0, 0.1) is 6.92 Å². The van der Waals surface area contributed by atoms with Crippen molar-refractivity contribution in [3.05, 3.63) is 52.7 Å². The predicted octanol–water partition coefficient (Wildman–Crippen LogP) is 4.31. The summed E-state index contributed by atoms with van der Waals surface area (Å²) < 4.78 is 0. The molecule has 0 atom stereocenters. The van der Waals surface area contributed by atoms with Crippen molar-refractivity contribution >= 4 is 23.1 Å². The lowest BCUT2D eigenvalue weighted by Gasteiger charge is -2.21. The Kier molecular flexibility index (Phi) is 5.21. The average Bonchev–Trinajstić information content (AvgIpc) is 2.46. The lowest BCUT2D eigenvalue weighted by Crippen LogP contribution is -2.23. The van der Waals surface area contributed by atoms with E-state index in [-0.39, 0.29) is 0 Å². The van der Waals surface area contributed by atoms with Crippen LogP contribution in [0.5, 0.6) is 0 Å². The van der Waals surface area contributed by atoms with Crippen molar-refractivity contribution in [1.82, 2.24) is 10.3 Å². The Morgan fingerprint density at radius 1 is 1.19 bits per heavy atom. The zero-order valence-electron chi connectivity index (χ0n) is 13.0. The van der Waals surface area contributed by atoms with E-state index >= 15 is 0 Å². The van der Waals surface area contributed by atoms with E-state index in [9.17, 15) is 0 Å². The number of hydrogen-bond acceptors (Lipinski definition) is 3. The number of nitrogens with zero attached hydrogens (tertiary/aromatic N) is 2. The molecule has 2 rings (SSSR count). The number of halogens is 1. The number of hydrogen-bond donors (Lipinski definition) is 1. The molecule has 0 bridgehead atoms. The molecule has 0 unspecified atom stereocenters. The summed E-state index contributed by atoms with van der Waals surface area (Å²) in [4.78, 5) is 6.78. The molecule has 21 heavy (non-hydrogen) atoms. The third kappa shape index (κ3) is 3.96. The molecule has 112 valence electrons. The highest BCUT2D eigenvalue weighted by molar-refractivity contribution is 6.31. The lowest BCUT2D eigenvalue weighted by atomic mass is 10.2. The maximum Gasteiger partial charge on any atom is 0.133 e. The number of pyridine rings is 1. The summed E-state index contributed by atoms with van der Waals surface area (Å²) >= 11 is 6.24. The van der Waals surface area contributed by atoms with Gasteiger partial charge in [-0.3, -0.25) is 0 Å². The van der Waals surface area contributed by atoms with E-state index in [1.165, 1.54) is 5.56 Å². The Labute approximate surface area is 132 Å². The van der Waals surface area contributed by atoms with Gasteiger partial charge in [-0.25, -0.2) is 4.98 Å². The fraction of sp³-hybridized carbons (Fsp3) is 0.353. The molecule has 0 saturated carbocycles. The van der Waals surface area contributed by atoms with E-state index in [2.05, 4.69) is 43.1 Å². The maximum atomic E-state index is 6.24. The van der Waals surface area contributed by atoms with Gasteiger partial charge in [-0.1, -0.05) is 43.6 Å². The second kappa shape index (κ2) is 6.92. The summed E-state index contributed by atoms with van der Waals surface area (Å²) in [6.45, 7) is 6.99. The van der Waals surface area contributed by atoms with Crippen molar-refractivity contribution in [1.29, 1.82) is 0 Å². The normalized spacial score (nSPS) is 11.0. The highest BCUT2D eigenvalue weighted by Gasteiger charge is 2.11. The minimum Gasteiger partial charge on any atom is -0.329 e. The number of benzene rings is 1. The highest BCUT2D eigenvalue weighted by Crippen LogP contribution is 2.27. The largest absolute Gasteiger partial charge is 0.329 e. The first kappa shape index (κ1) is 15.8. The number of rotatable bonds is 5. The summed E-state index contributed by atoms with van der Waals surface area (Å²) in [5, 5.41) is 4.05. The molecule has 0 amide bonds. The molecule has 1 N–H and O–H groups in total. The van der Waals surface area contributed by atoms with Crippen molar-refractivity contribution in [3.8, 4) is 0 Å². The summed E-state index contributed by atoms with van der Waals surface area (Å²) in [7, 11) is 2.03. The van der Waals surface area contributed by atoms with E-state index in [1.54, 1.807) is 0 Å². The van der Waals surface area contributed by atoms with Crippen LogP contribution < -0.4 is 10.2 Å². The fourth-order valence-corrected chi connectivity index (χ4v) is 2.32. The highest BCUT2D eigenvalue weighted by atomic mass is 35.5. The van der Waals surface area contributed by atoms with Gasteiger partial charge < -0.3 is 10.2 Å². The zero-order chi connectivity index (χ0) is 15.4. The molecule has 3 nitrogen and oxygen atoms in total. The van der Waals surface area contributed by atoms with Gasteiger partial charge >= 0.3 is 0 Å². The first-order valence-corrected chi connectivity index (χ1v) is 7.55. The molecule has 0 aliphatic carbocycles. The van der Waals surface area contributed by atoms with Crippen LogP contribution in [0.2, 0.25) is 5.02 Å². The van der Waals surface area contributed by atoms with E-state index < -0.39 is 0 Å². The molecule has 0 saturated heterocycles. The van der Waals surface area contributed by atoms with Crippen molar-refractivity contribution < 1.29 is 0 Å². The van der Waals surface area contributed by atoms with Crippen LogP contribution in [0.25, 0.3) is 0 Å². The Morgan fingerprint density at radius 2 is 1.90 bits per heavy atom. The summed E-state index contributed by atoms with van der Waals surface area (Å²) in [6.07, 6.45) is 0. The molecule has 0 spiro atoms. The van der Waals surface area contributed by atoms with Gasteiger partial charge in [0.25, 0.3) is 0 Å². The molecule has 0 fully saturated rings. The molecule has 1 aromatic carbocycles. The Balaban J connectivity index is 2.28. The number of para-hydroxylation sites is 1. The molecule has 4 heteroatoms. The van der Waals surface area contributed by atoms with Crippen LogP contribution in [-0.4, -0.2) is 18.1 Å². The standard InChI is InChI=1S/C17H22ClN3/c1-12(2)19-11-15-14(18)9-10-17(20-15)21(4)16-8-6-5-7-13(16)3/h5-10,12,19H,11H2,1-4H3. The molecular weight excluding hydrogens is 282 g/mol. The number of aryl methyl sites for hydroxylation is 1. The fourth-order valence-electron chi connectivity index (χ4n) is 2.15. The molecular formula is C17H22ClN3. The molecule has 1 heterocycles. The predicted molar refractivity (Wildman–Crippen MR) is 90.5 cm³/mol. The summed E-state index contributed by atoms with van der Waals surface area (Å²) in [5.74, 6) is 0.897. The van der Waals surface area contributed by atoms with Gasteiger partial charge in [0.1, 0.15) is 5.82 Å². The van der Waals surface area contributed by atoms with Crippen LogP contribution in [-0.2, 0) is 6.54 Å². The Bertz CT molecular complexity index is 611. The van der Waals surface area contributed by atoms with Crippen LogP contribution in [0.4, 0.5) is 11.5 Å². The number of nitrogens with one attached hydrogen (secondary N) is 1. The van der Waals surface area contributed by atoms with Crippen LogP contribution in [0.1, 0.15) is 25.1 Å². The second-order valence-corrected chi connectivity index (χ2v) is 5.89. The maximum absolute atomic E-state index is 6.24. The number of anilines is 2. The summed E-state index contributed by atoms with van der Waals surface area (Å²) in [5.41, 5.74) is 3.25. The quantitative estimate of drug-likeness (QED) is 0.892. The molecule has 0 aliphatic rings. The first-order chi connectivity index (χ1) is 9.99. The third-order valence-corrected chi connectivity index (χ3v) is 3.75. The molecule has 1 aromatic heterocycles. The average molecular weight is 304 g/mol. The molecule has 0 radical (unpaired) electrons. The van der Waals surface area contributed by atoms with E-state index in [4.69, 9.17) is 16.6 Å². The van der Waals surface area contributed by atoms with Crippen molar-refractivity contribution in [2.45, 2.75) is 33.4 Å². The lowest BCUT2D eigenvalue weighted by molar-refractivity contribution is 0.581. The van der Waals surface area contributed by atoms with E-state index in [0.717, 1.165) is 17.2 Å². The van der Waals surface area contributed by atoms with Gasteiger partial charge in [-0.05, 0) is 30.7 Å². The smallest absolute Gasteiger partial charge is 0.133 e. The topological polar surface area (TPSA) is 28.2 Å². The minimum absolute atomic E-state index is 0.403.